The Morgan fingerprint density at radius 2 is 1.40 bits per heavy atom. The molecule has 1 atom stereocenters. The van der Waals surface area contributed by atoms with Crippen LogP contribution in [-0.2, 0) is 0 Å². The van der Waals surface area contributed by atoms with Gasteiger partial charge in [-0.15, -0.1) is 0 Å². The predicted octanol–water partition coefficient (Wildman–Crippen LogP) is 5.60. The summed E-state index contributed by atoms with van der Waals surface area (Å²) in [7, 11) is 0. The Labute approximate surface area is 125 Å². The van der Waals surface area contributed by atoms with Crippen molar-refractivity contribution in [1.29, 1.82) is 0 Å². The van der Waals surface area contributed by atoms with Crippen molar-refractivity contribution in [3.05, 3.63) is 35.4 Å². The molecule has 0 aromatic heterocycles. The molecule has 1 nitrogen and oxygen atoms in total. The fourth-order valence-corrected chi connectivity index (χ4v) is 2.73. The van der Waals surface area contributed by atoms with Crippen LogP contribution in [0.1, 0.15) is 81.8 Å². The number of benzene rings is 1. The summed E-state index contributed by atoms with van der Waals surface area (Å²) in [5.74, 6) is 0.329. The summed E-state index contributed by atoms with van der Waals surface area (Å²) in [6.07, 6.45) is 11.9. The second-order valence-electron chi connectivity index (χ2n) is 6.05. The zero-order valence-electron chi connectivity index (χ0n) is 13.4. The number of aliphatic hydroxyl groups excluding tert-OH is 1. The number of hydrogen-bond acceptors (Lipinski definition) is 1. The molecule has 0 aliphatic carbocycles. The van der Waals surface area contributed by atoms with E-state index in [-0.39, 0.29) is 6.61 Å². The van der Waals surface area contributed by atoms with Crippen LogP contribution in [-0.4, -0.2) is 11.7 Å². The lowest BCUT2D eigenvalue weighted by Crippen LogP contribution is -2.04. The van der Waals surface area contributed by atoms with E-state index in [1.807, 2.05) is 0 Å². The molecular formula is C19H32O. The maximum absolute atomic E-state index is 9.55. The monoisotopic (exact) mass is 276 g/mol. The molecule has 0 heterocycles. The molecule has 1 heteroatoms. The van der Waals surface area contributed by atoms with Crippen LogP contribution in [0.25, 0.3) is 0 Å². The van der Waals surface area contributed by atoms with E-state index in [9.17, 15) is 5.11 Å². The maximum Gasteiger partial charge on any atom is 0.0499 e. The quantitative estimate of drug-likeness (QED) is 0.521. The summed E-state index contributed by atoms with van der Waals surface area (Å²) in [6.45, 7) is 4.65. The number of aryl methyl sites for hydroxylation is 1. The molecule has 1 unspecified atom stereocenters. The lowest BCUT2D eigenvalue weighted by molar-refractivity contribution is 0.256. The minimum Gasteiger partial charge on any atom is -0.396 e. The molecule has 0 saturated heterocycles. The largest absolute Gasteiger partial charge is 0.396 e. The van der Waals surface area contributed by atoms with Crippen LogP contribution in [0.5, 0.6) is 0 Å². The van der Waals surface area contributed by atoms with Crippen molar-refractivity contribution < 1.29 is 5.11 Å². The highest BCUT2D eigenvalue weighted by molar-refractivity contribution is 5.24. The first-order valence-corrected chi connectivity index (χ1v) is 8.45. The summed E-state index contributed by atoms with van der Waals surface area (Å²) >= 11 is 0. The Hall–Kier alpha value is -0.820. The van der Waals surface area contributed by atoms with Crippen LogP contribution >= 0.6 is 0 Å². The molecule has 0 radical (unpaired) electrons. The van der Waals surface area contributed by atoms with Gasteiger partial charge in [-0.3, -0.25) is 0 Å². The van der Waals surface area contributed by atoms with Gasteiger partial charge in [0.1, 0.15) is 0 Å². The molecule has 0 spiro atoms. The smallest absolute Gasteiger partial charge is 0.0499 e. The van der Waals surface area contributed by atoms with E-state index in [1.165, 1.54) is 62.5 Å². The van der Waals surface area contributed by atoms with Crippen molar-refractivity contribution in [2.24, 2.45) is 0 Å². The topological polar surface area (TPSA) is 20.2 Å². The van der Waals surface area contributed by atoms with Crippen LogP contribution in [0.15, 0.2) is 24.3 Å². The van der Waals surface area contributed by atoms with E-state index in [1.54, 1.807) is 0 Å². The van der Waals surface area contributed by atoms with Gasteiger partial charge in [-0.1, -0.05) is 88.1 Å². The Balaban J connectivity index is 2.14. The lowest BCUT2D eigenvalue weighted by atomic mass is 9.93. The first-order chi connectivity index (χ1) is 9.77. The van der Waals surface area contributed by atoms with Gasteiger partial charge >= 0.3 is 0 Å². The second-order valence-corrected chi connectivity index (χ2v) is 6.05. The van der Waals surface area contributed by atoms with E-state index >= 15 is 0 Å². The minimum absolute atomic E-state index is 0.277. The molecule has 1 aromatic carbocycles. The second kappa shape index (κ2) is 10.9. The number of unbranched alkanes of at least 4 members (excludes halogenated alkanes) is 7. The Bertz CT molecular complexity index is 328. The van der Waals surface area contributed by atoms with Crippen LogP contribution < -0.4 is 0 Å². The molecular weight excluding hydrogens is 244 g/mol. The molecule has 114 valence electrons. The molecule has 0 aliphatic heterocycles. The van der Waals surface area contributed by atoms with E-state index in [0.717, 1.165) is 6.42 Å². The van der Waals surface area contributed by atoms with Gasteiger partial charge in [0, 0.05) is 12.5 Å². The molecule has 0 aliphatic rings. The van der Waals surface area contributed by atoms with Gasteiger partial charge < -0.3 is 5.11 Å². The highest BCUT2D eigenvalue weighted by atomic mass is 16.3. The molecule has 1 aromatic rings. The third-order valence-electron chi connectivity index (χ3n) is 4.18. The van der Waals surface area contributed by atoms with Gasteiger partial charge in [0.05, 0.1) is 0 Å². The average Bonchev–Trinajstić information content (AvgIpc) is 2.47. The molecule has 20 heavy (non-hydrogen) atoms. The number of hydrogen-bond donors (Lipinski definition) is 1. The van der Waals surface area contributed by atoms with Crippen molar-refractivity contribution in [3.8, 4) is 0 Å². The van der Waals surface area contributed by atoms with Gasteiger partial charge in [-0.25, -0.2) is 0 Å². The summed E-state index contributed by atoms with van der Waals surface area (Å²) < 4.78 is 0. The van der Waals surface area contributed by atoms with E-state index < -0.39 is 0 Å². The Morgan fingerprint density at radius 1 is 0.850 bits per heavy atom. The normalized spacial score (nSPS) is 12.6. The summed E-state index contributed by atoms with van der Waals surface area (Å²) in [6, 6.07) is 8.62. The van der Waals surface area contributed by atoms with Crippen LogP contribution in [0, 0.1) is 6.92 Å². The van der Waals surface area contributed by atoms with Gasteiger partial charge in [-0.2, -0.15) is 0 Å². The summed E-state index contributed by atoms with van der Waals surface area (Å²) in [4.78, 5) is 0. The Morgan fingerprint density at radius 3 is 1.95 bits per heavy atom. The van der Waals surface area contributed by atoms with Crippen LogP contribution in [0.3, 0.4) is 0 Å². The third kappa shape index (κ3) is 7.09. The number of aliphatic hydroxyl groups is 1. The van der Waals surface area contributed by atoms with Crippen molar-refractivity contribution in [2.75, 3.05) is 6.61 Å². The van der Waals surface area contributed by atoms with E-state index in [2.05, 4.69) is 38.1 Å². The van der Waals surface area contributed by atoms with Gasteiger partial charge in [0.2, 0.25) is 0 Å². The average molecular weight is 276 g/mol. The van der Waals surface area contributed by atoms with E-state index in [0.29, 0.717) is 5.92 Å². The summed E-state index contributed by atoms with van der Waals surface area (Å²) in [5, 5.41) is 9.55. The van der Waals surface area contributed by atoms with Crippen molar-refractivity contribution in [2.45, 2.75) is 77.6 Å². The van der Waals surface area contributed by atoms with Gasteiger partial charge in [0.15, 0.2) is 0 Å². The molecule has 0 saturated carbocycles. The van der Waals surface area contributed by atoms with Crippen molar-refractivity contribution in [1.82, 2.24) is 0 Å². The lowest BCUT2D eigenvalue weighted by Gasteiger charge is -2.14. The Kier molecular flexibility index (Phi) is 9.40. The summed E-state index contributed by atoms with van der Waals surface area (Å²) in [5.41, 5.74) is 2.58. The molecule has 0 bridgehead atoms. The van der Waals surface area contributed by atoms with Gasteiger partial charge in [-0.05, 0) is 18.9 Å². The zero-order valence-corrected chi connectivity index (χ0v) is 13.4. The molecule has 1 rings (SSSR count). The molecule has 0 amide bonds. The van der Waals surface area contributed by atoms with Crippen molar-refractivity contribution >= 4 is 0 Å². The third-order valence-corrected chi connectivity index (χ3v) is 4.18. The van der Waals surface area contributed by atoms with Crippen LogP contribution in [0.2, 0.25) is 0 Å². The molecule has 0 fully saturated rings. The zero-order chi connectivity index (χ0) is 14.6. The predicted molar refractivity (Wildman–Crippen MR) is 88.2 cm³/mol. The number of rotatable bonds is 11. The highest BCUT2D eigenvalue weighted by Gasteiger charge is 2.09. The minimum atomic E-state index is 0.277. The van der Waals surface area contributed by atoms with Crippen molar-refractivity contribution in [3.63, 3.8) is 0 Å². The standard InChI is InChI=1S/C19H32O/c1-3-4-5-6-7-8-9-10-11-19(16-20)18-14-12-17(2)13-15-18/h12-15,19-20H,3-11,16H2,1-2H3. The fourth-order valence-electron chi connectivity index (χ4n) is 2.73. The van der Waals surface area contributed by atoms with Gasteiger partial charge in [0.25, 0.3) is 0 Å². The first-order valence-electron chi connectivity index (χ1n) is 8.45. The first kappa shape index (κ1) is 17.2. The van der Waals surface area contributed by atoms with E-state index in [4.69, 9.17) is 0 Å². The van der Waals surface area contributed by atoms with Crippen LogP contribution in [0.4, 0.5) is 0 Å². The fraction of sp³-hybridized carbons (Fsp3) is 0.684. The SMILES string of the molecule is CCCCCCCCCCC(CO)c1ccc(C)cc1. The maximum atomic E-state index is 9.55. The molecule has 1 N–H and O–H groups in total. The highest BCUT2D eigenvalue weighted by Crippen LogP contribution is 2.23.